The molecule has 0 saturated carbocycles. The zero-order chi connectivity index (χ0) is 19.6. The molecule has 1 aromatic carbocycles. The van der Waals surface area contributed by atoms with Crippen LogP contribution in [-0.2, 0) is 14.4 Å². The van der Waals surface area contributed by atoms with Gasteiger partial charge >= 0.3 is 23.8 Å². The van der Waals surface area contributed by atoms with Gasteiger partial charge in [0.15, 0.2) is 17.5 Å². The molecule has 1 aromatic rings. The van der Waals surface area contributed by atoms with Gasteiger partial charge in [0.1, 0.15) is 0 Å². The number of halogens is 1. The van der Waals surface area contributed by atoms with Crippen molar-refractivity contribution in [3.8, 4) is 11.5 Å². The summed E-state index contributed by atoms with van der Waals surface area (Å²) >= 11 is 3.05. The highest BCUT2D eigenvalue weighted by atomic mass is 79.9. The van der Waals surface area contributed by atoms with E-state index in [4.69, 9.17) is 0 Å². The lowest BCUT2D eigenvalue weighted by molar-refractivity contribution is -0.153. The van der Waals surface area contributed by atoms with Crippen LogP contribution >= 0.6 is 15.9 Å². The Balaban J connectivity index is 2.25. The number of phenols is 2. The van der Waals surface area contributed by atoms with Gasteiger partial charge in [0.2, 0.25) is 0 Å². The number of carbonyl (C=O) groups excluding carboxylic acids is 3. The summed E-state index contributed by atoms with van der Waals surface area (Å²) in [4.78, 5) is 49.7. The van der Waals surface area contributed by atoms with E-state index < -0.39 is 41.4 Å². The summed E-state index contributed by atoms with van der Waals surface area (Å²) in [7, 11) is 0. The molecule has 0 bridgehead atoms. The van der Waals surface area contributed by atoms with Crippen molar-refractivity contribution in [3.63, 3.8) is 0 Å². The van der Waals surface area contributed by atoms with Gasteiger partial charge in [0.25, 0.3) is 0 Å². The minimum atomic E-state index is -1.63. The molecule has 26 heavy (non-hydrogen) atoms. The van der Waals surface area contributed by atoms with Crippen molar-refractivity contribution in [2.24, 2.45) is 0 Å². The number of benzene rings is 1. The number of aliphatic carboxylic acids is 1. The number of phenolic OH excluding ortho intramolecular Hbond substituents is 2. The van der Waals surface area contributed by atoms with Crippen molar-refractivity contribution in [1.82, 2.24) is 15.1 Å². The van der Waals surface area contributed by atoms with Gasteiger partial charge in [0, 0.05) is 29.7 Å². The maximum Gasteiger partial charge on any atom is 0.331 e. The first-order valence-electron chi connectivity index (χ1n) is 7.52. The molecule has 1 aliphatic heterocycles. The second-order valence-electron chi connectivity index (χ2n) is 5.42. The molecule has 0 aromatic heterocycles. The maximum absolute atomic E-state index is 12.3. The molecule has 0 radical (unpaired) electrons. The van der Waals surface area contributed by atoms with Gasteiger partial charge in [0.05, 0.1) is 0 Å². The third kappa shape index (κ3) is 3.72. The number of amides is 4. The Morgan fingerprint density at radius 2 is 1.81 bits per heavy atom. The van der Waals surface area contributed by atoms with E-state index in [1.807, 2.05) is 0 Å². The zero-order valence-corrected chi connectivity index (χ0v) is 15.2. The van der Waals surface area contributed by atoms with E-state index in [2.05, 4.69) is 21.2 Å². The number of nitrogens with one attached hydrogen (secondary N) is 1. The predicted octanol–water partition coefficient (Wildman–Crippen LogP) is 0.386. The minimum Gasteiger partial charge on any atom is -0.504 e. The summed E-state index contributed by atoms with van der Waals surface area (Å²) < 4.78 is 0.124. The third-order valence-corrected chi connectivity index (χ3v) is 4.54. The molecule has 1 unspecified atom stereocenters. The Morgan fingerprint density at radius 1 is 1.19 bits per heavy atom. The molecule has 140 valence electrons. The van der Waals surface area contributed by atoms with E-state index in [0.717, 1.165) is 12.1 Å². The molecule has 0 aliphatic carbocycles. The van der Waals surface area contributed by atoms with Crippen molar-refractivity contribution in [2.45, 2.75) is 13.0 Å². The van der Waals surface area contributed by atoms with Crippen LogP contribution in [0.2, 0.25) is 0 Å². The van der Waals surface area contributed by atoms with Crippen LogP contribution in [0.1, 0.15) is 18.5 Å². The standard InChI is InChI=1S/C15H16BrN3O7/c1-2-18-3-4-19(13(23)12(18)22)15(26)17-11(14(24)25)7-5-9(20)10(21)6-8(7)16/h5-6,11,20-21H,2-4H2,1H3,(H,17,26)(H,24,25). The average Bonchev–Trinajstić information content (AvgIpc) is 2.58. The van der Waals surface area contributed by atoms with Gasteiger partial charge in [-0.15, -0.1) is 0 Å². The first-order chi connectivity index (χ1) is 12.2. The lowest BCUT2D eigenvalue weighted by Gasteiger charge is -2.32. The Hall–Kier alpha value is -2.82. The van der Waals surface area contributed by atoms with E-state index in [1.54, 1.807) is 6.92 Å². The van der Waals surface area contributed by atoms with Crippen molar-refractivity contribution in [2.75, 3.05) is 19.6 Å². The van der Waals surface area contributed by atoms with Gasteiger partial charge in [-0.1, -0.05) is 15.9 Å². The molecule has 1 fully saturated rings. The summed E-state index contributed by atoms with van der Waals surface area (Å²) in [5.74, 6) is -4.41. The Labute approximate surface area is 156 Å². The number of likely N-dealkylation sites (N-methyl/N-ethyl adjacent to an activating group) is 1. The molecule has 2 rings (SSSR count). The number of urea groups is 1. The topological polar surface area (TPSA) is 147 Å². The van der Waals surface area contributed by atoms with Gasteiger partial charge in [-0.25, -0.2) is 9.59 Å². The lowest BCUT2D eigenvalue weighted by atomic mass is 10.1. The zero-order valence-electron chi connectivity index (χ0n) is 13.6. The molecule has 0 spiro atoms. The molecule has 1 aliphatic rings. The number of hydrogen-bond acceptors (Lipinski definition) is 6. The van der Waals surface area contributed by atoms with Crippen LogP contribution < -0.4 is 5.32 Å². The fourth-order valence-corrected chi connectivity index (χ4v) is 2.99. The van der Waals surface area contributed by atoms with Crippen LogP contribution in [0.3, 0.4) is 0 Å². The number of hydrogen-bond donors (Lipinski definition) is 4. The Kier molecular flexibility index (Phi) is 5.70. The number of imide groups is 1. The van der Waals surface area contributed by atoms with Crippen molar-refractivity contribution in [1.29, 1.82) is 0 Å². The molecule has 1 atom stereocenters. The highest BCUT2D eigenvalue weighted by molar-refractivity contribution is 9.10. The Morgan fingerprint density at radius 3 is 2.38 bits per heavy atom. The van der Waals surface area contributed by atoms with Crippen LogP contribution in [0, 0.1) is 0 Å². The minimum absolute atomic E-state index is 0.0490. The highest BCUT2D eigenvalue weighted by Gasteiger charge is 2.37. The number of carboxylic acids is 1. The fourth-order valence-electron chi connectivity index (χ4n) is 2.43. The van der Waals surface area contributed by atoms with Crippen LogP contribution in [0.4, 0.5) is 4.79 Å². The molecule has 1 heterocycles. The smallest absolute Gasteiger partial charge is 0.331 e. The summed E-state index contributed by atoms with van der Waals surface area (Å²) in [5, 5.41) is 30.6. The molecule has 11 heteroatoms. The molecule has 4 N–H and O–H groups in total. The highest BCUT2D eigenvalue weighted by Crippen LogP contribution is 2.34. The first kappa shape index (κ1) is 19.5. The van der Waals surface area contributed by atoms with Crippen molar-refractivity contribution < 1.29 is 34.5 Å². The van der Waals surface area contributed by atoms with E-state index in [-0.39, 0.29) is 23.1 Å². The maximum atomic E-state index is 12.3. The van der Waals surface area contributed by atoms with E-state index in [1.165, 1.54) is 4.90 Å². The average molecular weight is 430 g/mol. The SMILES string of the molecule is CCN1CCN(C(=O)NC(C(=O)O)c2cc(O)c(O)cc2Br)C(=O)C1=O. The van der Waals surface area contributed by atoms with Crippen LogP contribution in [0.5, 0.6) is 11.5 Å². The molecular weight excluding hydrogens is 414 g/mol. The predicted molar refractivity (Wildman–Crippen MR) is 90.3 cm³/mol. The molecule has 4 amide bonds. The lowest BCUT2D eigenvalue weighted by Crippen LogP contribution is -2.58. The van der Waals surface area contributed by atoms with Crippen molar-refractivity contribution in [3.05, 3.63) is 22.2 Å². The number of rotatable bonds is 4. The van der Waals surface area contributed by atoms with Crippen LogP contribution in [0.15, 0.2) is 16.6 Å². The summed E-state index contributed by atoms with van der Waals surface area (Å²) in [6.45, 7) is 2.09. The van der Waals surface area contributed by atoms with Gasteiger partial charge in [-0.3, -0.25) is 14.5 Å². The molecular formula is C15H16BrN3O7. The monoisotopic (exact) mass is 429 g/mol. The van der Waals surface area contributed by atoms with E-state index in [0.29, 0.717) is 11.4 Å². The van der Waals surface area contributed by atoms with E-state index >= 15 is 0 Å². The number of nitrogens with zero attached hydrogens (tertiary/aromatic N) is 2. The number of carboxylic acid groups (broad SMARTS) is 1. The largest absolute Gasteiger partial charge is 0.504 e. The van der Waals surface area contributed by atoms with Crippen LogP contribution in [-0.4, -0.2) is 68.6 Å². The van der Waals surface area contributed by atoms with Crippen LogP contribution in [0.25, 0.3) is 0 Å². The second-order valence-corrected chi connectivity index (χ2v) is 6.28. The van der Waals surface area contributed by atoms with Gasteiger partial charge < -0.3 is 25.5 Å². The fraction of sp³-hybridized carbons (Fsp3) is 0.333. The van der Waals surface area contributed by atoms with Gasteiger partial charge in [-0.05, 0) is 19.1 Å². The number of carbonyl (C=O) groups is 4. The quantitative estimate of drug-likeness (QED) is 0.399. The number of aromatic hydroxyl groups is 2. The summed E-state index contributed by atoms with van der Waals surface area (Å²) in [6, 6.07) is -0.636. The first-order valence-corrected chi connectivity index (χ1v) is 8.32. The summed E-state index contributed by atoms with van der Waals surface area (Å²) in [6.07, 6.45) is 0. The van der Waals surface area contributed by atoms with Crippen molar-refractivity contribution >= 4 is 39.7 Å². The number of piperazine rings is 1. The van der Waals surface area contributed by atoms with E-state index in [9.17, 15) is 34.5 Å². The Bertz CT molecular complexity index is 783. The summed E-state index contributed by atoms with van der Waals surface area (Å²) in [5.41, 5.74) is -0.0490. The second kappa shape index (κ2) is 7.60. The molecule has 10 nitrogen and oxygen atoms in total. The normalized spacial score (nSPS) is 15.8. The van der Waals surface area contributed by atoms with Gasteiger partial charge in [-0.2, -0.15) is 0 Å². The third-order valence-electron chi connectivity index (χ3n) is 3.86. The molecule has 1 saturated heterocycles.